The molecule has 90 valence electrons. The number of carbonyl (C=O) groups is 1. The monoisotopic (exact) mass is 224 g/mol. The van der Waals surface area contributed by atoms with E-state index in [0.717, 1.165) is 13.0 Å². The lowest BCUT2D eigenvalue weighted by atomic mass is 10.2. The van der Waals surface area contributed by atoms with Gasteiger partial charge in [0.15, 0.2) is 0 Å². The number of nitrogens with zero attached hydrogens (tertiary/aromatic N) is 2. The molecule has 0 bridgehead atoms. The van der Waals surface area contributed by atoms with Crippen LogP contribution in [0.5, 0.6) is 0 Å². The lowest BCUT2D eigenvalue weighted by Crippen LogP contribution is -2.35. The highest BCUT2D eigenvalue weighted by Gasteiger charge is 2.16. The predicted octanol–water partition coefficient (Wildman–Crippen LogP) is 0.857. The molecule has 5 heteroatoms. The van der Waals surface area contributed by atoms with Crippen molar-refractivity contribution in [3.05, 3.63) is 18.0 Å². The van der Waals surface area contributed by atoms with Crippen LogP contribution < -0.4 is 5.73 Å². The molecule has 16 heavy (non-hydrogen) atoms. The Labute approximate surface area is 96.0 Å². The van der Waals surface area contributed by atoms with Crippen molar-refractivity contribution >= 4 is 5.91 Å². The zero-order chi connectivity index (χ0) is 12.0. The highest BCUT2D eigenvalue weighted by atomic mass is 16.2. The maximum atomic E-state index is 12.1. The Hall–Kier alpha value is -1.36. The van der Waals surface area contributed by atoms with Crippen LogP contribution in [0.4, 0.5) is 0 Å². The van der Waals surface area contributed by atoms with Crippen LogP contribution in [-0.4, -0.2) is 40.6 Å². The van der Waals surface area contributed by atoms with E-state index in [2.05, 4.69) is 24.0 Å². The summed E-state index contributed by atoms with van der Waals surface area (Å²) < 4.78 is 0. The smallest absolute Gasteiger partial charge is 0.257 e. The molecule has 5 nitrogen and oxygen atoms in total. The molecule has 0 saturated carbocycles. The van der Waals surface area contributed by atoms with Gasteiger partial charge in [-0.1, -0.05) is 13.8 Å². The van der Waals surface area contributed by atoms with Crippen molar-refractivity contribution in [2.24, 2.45) is 11.7 Å². The van der Waals surface area contributed by atoms with Crippen LogP contribution in [0, 0.1) is 5.92 Å². The number of hydrogen-bond donors (Lipinski definition) is 2. The van der Waals surface area contributed by atoms with Gasteiger partial charge in [0.1, 0.15) is 0 Å². The highest BCUT2D eigenvalue weighted by Crippen LogP contribution is 2.06. The van der Waals surface area contributed by atoms with Crippen molar-refractivity contribution < 1.29 is 4.79 Å². The first kappa shape index (κ1) is 12.7. The van der Waals surface area contributed by atoms with Gasteiger partial charge in [0, 0.05) is 19.3 Å². The van der Waals surface area contributed by atoms with Crippen molar-refractivity contribution in [3.8, 4) is 0 Å². The number of H-pyrrole nitrogens is 1. The van der Waals surface area contributed by atoms with Crippen LogP contribution in [0.15, 0.2) is 12.4 Å². The average molecular weight is 224 g/mol. The van der Waals surface area contributed by atoms with Gasteiger partial charge < -0.3 is 10.6 Å². The number of nitrogens with one attached hydrogen (secondary N) is 1. The summed E-state index contributed by atoms with van der Waals surface area (Å²) in [4.78, 5) is 13.9. The van der Waals surface area contributed by atoms with E-state index >= 15 is 0 Å². The Balaban J connectivity index is 2.64. The maximum absolute atomic E-state index is 12.1. The first-order valence-electron chi connectivity index (χ1n) is 5.63. The van der Waals surface area contributed by atoms with Gasteiger partial charge in [0.05, 0.1) is 11.8 Å². The van der Waals surface area contributed by atoms with Crippen molar-refractivity contribution in [2.45, 2.75) is 20.3 Å². The molecule has 1 heterocycles. The largest absolute Gasteiger partial charge is 0.338 e. The third-order valence-corrected chi connectivity index (χ3v) is 2.25. The second-order valence-electron chi connectivity index (χ2n) is 4.27. The van der Waals surface area contributed by atoms with E-state index in [4.69, 9.17) is 5.73 Å². The van der Waals surface area contributed by atoms with E-state index in [1.54, 1.807) is 12.4 Å². The lowest BCUT2D eigenvalue weighted by molar-refractivity contribution is 0.0735. The zero-order valence-corrected chi connectivity index (χ0v) is 9.94. The summed E-state index contributed by atoms with van der Waals surface area (Å²) in [6.07, 6.45) is 4.01. The molecule has 3 N–H and O–H groups in total. The Morgan fingerprint density at radius 3 is 2.88 bits per heavy atom. The lowest BCUT2D eigenvalue weighted by Gasteiger charge is -2.23. The standard InChI is InChI=1S/C11H20N4O/c1-9(2)8-15(5-3-4-12)11(16)10-6-13-14-7-10/h6-7,9H,3-5,8,12H2,1-2H3,(H,13,14). The van der Waals surface area contributed by atoms with Gasteiger partial charge in [-0.05, 0) is 18.9 Å². The minimum Gasteiger partial charge on any atom is -0.338 e. The van der Waals surface area contributed by atoms with Gasteiger partial charge in [-0.3, -0.25) is 9.89 Å². The first-order chi connectivity index (χ1) is 7.65. The minimum absolute atomic E-state index is 0.0240. The summed E-state index contributed by atoms with van der Waals surface area (Å²) in [5, 5.41) is 6.44. The fourth-order valence-electron chi connectivity index (χ4n) is 1.55. The van der Waals surface area contributed by atoms with Gasteiger partial charge in [-0.15, -0.1) is 0 Å². The number of rotatable bonds is 6. The van der Waals surface area contributed by atoms with E-state index in [1.165, 1.54) is 0 Å². The fraction of sp³-hybridized carbons (Fsp3) is 0.636. The summed E-state index contributed by atoms with van der Waals surface area (Å²) in [6.45, 7) is 6.26. The molecule has 0 radical (unpaired) electrons. The second-order valence-corrected chi connectivity index (χ2v) is 4.27. The molecule has 0 spiro atoms. The van der Waals surface area contributed by atoms with E-state index in [1.807, 2.05) is 4.90 Å². The quantitative estimate of drug-likeness (QED) is 0.752. The van der Waals surface area contributed by atoms with Gasteiger partial charge in [-0.2, -0.15) is 5.10 Å². The molecule has 1 aromatic heterocycles. The Morgan fingerprint density at radius 2 is 2.38 bits per heavy atom. The summed E-state index contributed by atoms with van der Waals surface area (Å²) in [5.74, 6) is 0.476. The minimum atomic E-state index is 0.0240. The number of aromatic amines is 1. The Kier molecular flexibility index (Phi) is 4.98. The van der Waals surface area contributed by atoms with Crippen LogP contribution in [0.25, 0.3) is 0 Å². The summed E-state index contributed by atoms with van der Waals surface area (Å²) in [5.41, 5.74) is 6.08. The van der Waals surface area contributed by atoms with Gasteiger partial charge in [0.25, 0.3) is 5.91 Å². The summed E-state index contributed by atoms with van der Waals surface area (Å²) in [7, 11) is 0. The molecule has 0 saturated heterocycles. The predicted molar refractivity (Wildman–Crippen MR) is 63.0 cm³/mol. The third-order valence-electron chi connectivity index (χ3n) is 2.25. The van der Waals surface area contributed by atoms with E-state index in [9.17, 15) is 4.79 Å². The second kappa shape index (κ2) is 6.27. The van der Waals surface area contributed by atoms with E-state index in [0.29, 0.717) is 24.6 Å². The number of amides is 1. The van der Waals surface area contributed by atoms with Gasteiger partial charge >= 0.3 is 0 Å². The molecule has 0 aromatic carbocycles. The summed E-state index contributed by atoms with van der Waals surface area (Å²) >= 11 is 0. The number of nitrogens with two attached hydrogens (primary N) is 1. The summed E-state index contributed by atoms with van der Waals surface area (Å²) in [6, 6.07) is 0. The van der Waals surface area contributed by atoms with E-state index in [-0.39, 0.29) is 5.91 Å². The Morgan fingerprint density at radius 1 is 1.62 bits per heavy atom. The van der Waals surface area contributed by atoms with Crippen LogP contribution in [-0.2, 0) is 0 Å². The van der Waals surface area contributed by atoms with Crippen molar-refractivity contribution in [1.82, 2.24) is 15.1 Å². The van der Waals surface area contributed by atoms with Crippen LogP contribution >= 0.6 is 0 Å². The highest BCUT2D eigenvalue weighted by molar-refractivity contribution is 5.93. The number of hydrogen-bond acceptors (Lipinski definition) is 3. The normalized spacial score (nSPS) is 10.8. The molecular formula is C11H20N4O. The number of carbonyl (C=O) groups excluding carboxylic acids is 1. The SMILES string of the molecule is CC(C)CN(CCCN)C(=O)c1cn[nH]c1. The van der Waals surface area contributed by atoms with E-state index < -0.39 is 0 Å². The first-order valence-corrected chi connectivity index (χ1v) is 5.63. The molecule has 1 amide bonds. The zero-order valence-electron chi connectivity index (χ0n) is 9.94. The fourth-order valence-corrected chi connectivity index (χ4v) is 1.55. The van der Waals surface area contributed by atoms with Gasteiger partial charge in [-0.25, -0.2) is 0 Å². The number of aromatic nitrogens is 2. The van der Waals surface area contributed by atoms with Crippen molar-refractivity contribution in [3.63, 3.8) is 0 Å². The Bertz CT molecular complexity index is 308. The molecule has 0 unspecified atom stereocenters. The molecule has 1 aromatic rings. The van der Waals surface area contributed by atoms with Crippen LogP contribution in [0.3, 0.4) is 0 Å². The third kappa shape index (κ3) is 3.66. The molecule has 0 atom stereocenters. The molecule has 0 aliphatic rings. The molecule has 1 rings (SSSR count). The van der Waals surface area contributed by atoms with Gasteiger partial charge in [0.2, 0.25) is 0 Å². The molecule has 0 aliphatic carbocycles. The maximum Gasteiger partial charge on any atom is 0.257 e. The van der Waals surface area contributed by atoms with Crippen LogP contribution in [0.1, 0.15) is 30.6 Å². The molecule has 0 fully saturated rings. The van der Waals surface area contributed by atoms with Crippen LogP contribution in [0.2, 0.25) is 0 Å². The van der Waals surface area contributed by atoms with Crippen molar-refractivity contribution in [1.29, 1.82) is 0 Å². The van der Waals surface area contributed by atoms with Crippen molar-refractivity contribution in [2.75, 3.05) is 19.6 Å². The molecular weight excluding hydrogens is 204 g/mol. The average Bonchev–Trinajstić information content (AvgIpc) is 2.76. The molecule has 0 aliphatic heterocycles. The topological polar surface area (TPSA) is 75.0 Å².